The molecule has 0 atom stereocenters. The fourth-order valence-corrected chi connectivity index (χ4v) is 3.95. The molecule has 0 bridgehead atoms. The van der Waals surface area contributed by atoms with Gasteiger partial charge >= 0.3 is 0 Å². The van der Waals surface area contributed by atoms with Crippen LogP contribution >= 0.6 is 0 Å². The van der Waals surface area contributed by atoms with Crippen molar-refractivity contribution in [2.75, 3.05) is 0 Å². The van der Waals surface area contributed by atoms with Gasteiger partial charge in [-0.2, -0.15) is 0 Å². The zero-order chi connectivity index (χ0) is 20.1. The molecule has 0 N–H and O–H groups in total. The minimum absolute atomic E-state index is 0.694. The third-order valence-corrected chi connectivity index (χ3v) is 5.39. The number of hydrogen-bond donors (Lipinski definition) is 0. The lowest BCUT2D eigenvalue weighted by molar-refractivity contribution is 0.400. The van der Waals surface area contributed by atoms with Crippen LogP contribution in [0.5, 0.6) is 0 Å². The van der Waals surface area contributed by atoms with Crippen LogP contribution in [0.2, 0.25) is 0 Å². The number of hydrogen-bond acceptors (Lipinski definition) is 6. The van der Waals surface area contributed by atoms with Crippen molar-refractivity contribution in [2.24, 2.45) is 0 Å². The molecule has 4 heterocycles. The van der Waals surface area contributed by atoms with Gasteiger partial charge in [0.15, 0.2) is 17.5 Å². The predicted octanol–water partition coefficient (Wildman–Crippen LogP) is 4.39. The molecule has 144 valence electrons. The van der Waals surface area contributed by atoms with Gasteiger partial charge in [0.05, 0.1) is 12.1 Å². The number of nitrogens with zero attached hydrogens (tertiary/aromatic N) is 6. The van der Waals surface area contributed by atoms with Crippen LogP contribution in [0.4, 0.5) is 0 Å². The van der Waals surface area contributed by atoms with Gasteiger partial charge in [0.2, 0.25) is 0 Å². The van der Waals surface area contributed by atoms with E-state index in [-0.39, 0.29) is 0 Å². The van der Waals surface area contributed by atoms with Gasteiger partial charge in [-0.05, 0) is 24.6 Å². The molecule has 30 heavy (non-hydrogen) atoms. The van der Waals surface area contributed by atoms with E-state index in [1.165, 1.54) is 5.56 Å². The zero-order valence-electron chi connectivity index (χ0n) is 16.1. The summed E-state index contributed by atoms with van der Waals surface area (Å²) in [7, 11) is 0. The van der Waals surface area contributed by atoms with E-state index >= 15 is 0 Å². The van der Waals surface area contributed by atoms with Crippen molar-refractivity contribution in [2.45, 2.75) is 13.5 Å². The molecule has 3 aromatic heterocycles. The summed E-state index contributed by atoms with van der Waals surface area (Å²) in [5.74, 6) is 3.01. The van der Waals surface area contributed by atoms with Gasteiger partial charge in [-0.3, -0.25) is 0 Å². The monoisotopic (exact) mass is 392 g/mol. The van der Waals surface area contributed by atoms with Gasteiger partial charge in [-0.15, -0.1) is 10.2 Å². The molecular formula is C23H16N6O. The molecule has 0 fully saturated rings. The van der Waals surface area contributed by atoms with Crippen LogP contribution in [0.25, 0.3) is 45.4 Å². The maximum Gasteiger partial charge on any atom is 0.170 e. The third-order valence-electron chi connectivity index (χ3n) is 5.39. The topological polar surface area (TPSA) is 82.5 Å². The summed E-state index contributed by atoms with van der Waals surface area (Å²) in [5, 5.41) is 13.3. The molecule has 7 heteroatoms. The van der Waals surface area contributed by atoms with Crippen molar-refractivity contribution in [1.82, 2.24) is 29.9 Å². The summed E-state index contributed by atoms with van der Waals surface area (Å²) in [5.41, 5.74) is 5.83. The summed E-state index contributed by atoms with van der Waals surface area (Å²) in [6.07, 6.45) is 3.49. The normalized spacial score (nSPS) is 12.0. The molecule has 7 nitrogen and oxygen atoms in total. The second kappa shape index (κ2) is 6.45. The number of aromatic nitrogens is 6. The molecule has 6 rings (SSSR count). The number of fused-ring (bicyclic) bond motifs is 3. The van der Waals surface area contributed by atoms with Gasteiger partial charge < -0.3 is 9.09 Å². The van der Waals surface area contributed by atoms with E-state index < -0.39 is 0 Å². The highest BCUT2D eigenvalue weighted by molar-refractivity contribution is 5.81. The van der Waals surface area contributed by atoms with E-state index in [9.17, 15) is 0 Å². The molecule has 2 aromatic carbocycles. The summed E-state index contributed by atoms with van der Waals surface area (Å²) in [4.78, 5) is 8.72. The molecule has 0 unspecified atom stereocenters. The fourth-order valence-electron chi connectivity index (χ4n) is 3.95. The highest BCUT2D eigenvalue weighted by atomic mass is 16.5. The molecule has 5 aromatic rings. The number of rotatable bonds is 3. The predicted molar refractivity (Wildman–Crippen MR) is 111 cm³/mol. The van der Waals surface area contributed by atoms with Crippen molar-refractivity contribution in [1.29, 1.82) is 0 Å². The Morgan fingerprint density at radius 1 is 0.867 bits per heavy atom. The van der Waals surface area contributed by atoms with Crippen molar-refractivity contribution in [3.8, 4) is 45.4 Å². The Kier molecular flexibility index (Phi) is 3.61. The average Bonchev–Trinajstić information content (AvgIpc) is 3.48. The maximum absolute atomic E-state index is 5.54. The third kappa shape index (κ3) is 2.49. The fraction of sp³-hybridized carbons (Fsp3) is 0.0870. The Hall–Kier alpha value is -4.13. The largest absolute Gasteiger partial charge is 0.360 e. The quantitative estimate of drug-likeness (QED) is 0.444. The molecule has 0 radical (unpaired) electrons. The summed E-state index contributed by atoms with van der Waals surface area (Å²) in [6, 6.07) is 18.0. The van der Waals surface area contributed by atoms with Crippen molar-refractivity contribution in [3.05, 3.63) is 78.3 Å². The van der Waals surface area contributed by atoms with E-state index in [0.717, 1.165) is 45.4 Å². The van der Waals surface area contributed by atoms with Crippen LogP contribution < -0.4 is 0 Å². The van der Waals surface area contributed by atoms with E-state index in [2.05, 4.69) is 42.0 Å². The molecule has 0 aliphatic carbocycles. The van der Waals surface area contributed by atoms with Crippen molar-refractivity contribution >= 4 is 0 Å². The minimum Gasteiger partial charge on any atom is -0.360 e. The first-order valence-corrected chi connectivity index (χ1v) is 9.65. The van der Waals surface area contributed by atoms with Crippen LogP contribution in [0.3, 0.4) is 0 Å². The van der Waals surface area contributed by atoms with Gasteiger partial charge in [0.25, 0.3) is 0 Å². The second-order valence-corrected chi connectivity index (χ2v) is 7.21. The highest BCUT2D eigenvalue weighted by Crippen LogP contribution is 2.39. The Balaban J connectivity index is 1.48. The SMILES string of the molecule is Cc1onc(-c2ccccc2)c1-c1nnc2n1Cc1ccc(-c3ncccn3)cc1-2. The first kappa shape index (κ1) is 16.8. The van der Waals surface area contributed by atoms with Gasteiger partial charge in [-0.1, -0.05) is 47.6 Å². The molecule has 1 aliphatic rings. The number of aryl methyl sites for hydroxylation is 1. The molecular weight excluding hydrogens is 376 g/mol. The highest BCUT2D eigenvalue weighted by Gasteiger charge is 2.29. The van der Waals surface area contributed by atoms with Gasteiger partial charge in [0.1, 0.15) is 11.5 Å². The lowest BCUT2D eigenvalue weighted by atomic mass is 10.1. The summed E-state index contributed by atoms with van der Waals surface area (Å²) in [6.45, 7) is 2.60. The molecule has 0 spiro atoms. The molecule has 0 saturated carbocycles. The Morgan fingerprint density at radius 3 is 2.50 bits per heavy atom. The van der Waals surface area contributed by atoms with E-state index in [0.29, 0.717) is 12.4 Å². The van der Waals surface area contributed by atoms with Gasteiger partial charge in [-0.25, -0.2) is 9.97 Å². The summed E-state index contributed by atoms with van der Waals surface area (Å²) >= 11 is 0. The van der Waals surface area contributed by atoms with Crippen molar-refractivity contribution in [3.63, 3.8) is 0 Å². The van der Waals surface area contributed by atoms with Crippen LogP contribution in [0.1, 0.15) is 11.3 Å². The zero-order valence-corrected chi connectivity index (χ0v) is 16.1. The Labute approximate surface area is 172 Å². The van der Waals surface area contributed by atoms with Crippen LogP contribution in [0, 0.1) is 6.92 Å². The molecule has 0 amide bonds. The molecule has 0 saturated heterocycles. The first-order chi connectivity index (χ1) is 14.8. The second-order valence-electron chi connectivity index (χ2n) is 7.21. The van der Waals surface area contributed by atoms with E-state index in [1.807, 2.05) is 49.4 Å². The number of benzene rings is 2. The van der Waals surface area contributed by atoms with Crippen LogP contribution in [-0.2, 0) is 6.54 Å². The smallest absolute Gasteiger partial charge is 0.170 e. The lowest BCUT2D eigenvalue weighted by Crippen LogP contribution is -1.98. The van der Waals surface area contributed by atoms with Crippen molar-refractivity contribution < 1.29 is 4.52 Å². The van der Waals surface area contributed by atoms with Crippen LogP contribution in [0.15, 0.2) is 71.5 Å². The maximum atomic E-state index is 5.54. The standard InChI is InChI=1S/C23H16N6O/c1-14-19(20(28-30-14)15-6-3-2-4-7-15)23-27-26-22-18-12-16(21-24-10-5-11-25-21)8-9-17(18)13-29(22)23/h2-12H,13H2,1H3. The first-order valence-electron chi connectivity index (χ1n) is 9.65. The Bertz CT molecular complexity index is 1370. The van der Waals surface area contributed by atoms with Gasteiger partial charge in [0, 0.05) is 29.1 Å². The van der Waals surface area contributed by atoms with Crippen LogP contribution in [-0.4, -0.2) is 29.9 Å². The average molecular weight is 392 g/mol. The minimum atomic E-state index is 0.694. The summed E-state index contributed by atoms with van der Waals surface area (Å²) < 4.78 is 7.66. The van der Waals surface area contributed by atoms with E-state index in [4.69, 9.17) is 4.52 Å². The Morgan fingerprint density at radius 2 is 1.67 bits per heavy atom. The lowest BCUT2D eigenvalue weighted by Gasteiger charge is -2.04. The van der Waals surface area contributed by atoms with E-state index in [1.54, 1.807) is 12.4 Å². The molecule has 1 aliphatic heterocycles.